The van der Waals surface area contributed by atoms with Crippen LogP contribution in [0.3, 0.4) is 0 Å². The second-order valence-corrected chi connectivity index (χ2v) is 6.32. The van der Waals surface area contributed by atoms with Crippen molar-refractivity contribution in [3.8, 4) is 0 Å². The molecule has 16 heavy (non-hydrogen) atoms. The molecule has 0 saturated carbocycles. The third-order valence-corrected chi connectivity index (χ3v) is 3.72. The summed E-state index contributed by atoms with van der Waals surface area (Å²) >= 11 is 0. The predicted octanol–water partition coefficient (Wildman–Crippen LogP) is 2.84. The Bertz CT molecular complexity index is 191. The first-order valence-corrected chi connectivity index (χ1v) is 6.91. The fourth-order valence-corrected chi connectivity index (χ4v) is 2.80. The first kappa shape index (κ1) is 14.0. The molecule has 0 N–H and O–H groups in total. The van der Waals surface area contributed by atoms with E-state index in [1.807, 2.05) is 0 Å². The van der Waals surface area contributed by atoms with E-state index in [1.165, 1.54) is 45.6 Å². The molecule has 0 amide bonds. The second-order valence-electron chi connectivity index (χ2n) is 6.32. The van der Waals surface area contributed by atoms with E-state index in [2.05, 4.69) is 44.4 Å². The Kier molecular flexibility index (Phi) is 5.26. The highest BCUT2D eigenvalue weighted by Gasteiger charge is 2.24. The van der Waals surface area contributed by atoms with Gasteiger partial charge in [0.25, 0.3) is 0 Å². The van der Waals surface area contributed by atoms with Crippen LogP contribution in [0.4, 0.5) is 0 Å². The van der Waals surface area contributed by atoms with Crippen molar-refractivity contribution < 1.29 is 0 Å². The average molecular weight is 226 g/mol. The highest BCUT2D eigenvalue weighted by atomic mass is 15.3. The molecule has 0 aromatic carbocycles. The summed E-state index contributed by atoms with van der Waals surface area (Å²) in [6, 6.07) is 0.714. The minimum absolute atomic E-state index is 0.495. The lowest BCUT2D eigenvalue weighted by Crippen LogP contribution is -2.50. The number of hydrogen-bond donors (Lipinski definition) is 0. The van der Waals surface area contributed by atoms with Gasteiger partial charge in [-0.3, -0.25) is 4.90 Å². The molecular weight excluding hydrogens is 196 g/mol. The number of hydrogen-bond acceptors (Lipinski definition) is 2. The zero-order chi connectivity index (χ0) is 12.2. The largest absolute Gasteiger partial charge is 0.300 e. The van der Waals surface area contributed by atoms with Gasteiger partial charge in [0.2, 0.25) is 0 Å². The van der Waals surface area contributed by atoms with Gasteiger partial charge in [0, 0.05) is 38.8 Å². The maximum atomic E-state index is 2.65. The third kappa shape index (κ3) is 4.42. The highest BCUT2D eigenvalue weighted by molar-refractivity contribution is 4.79. The summed E-state index contributed by atoms with van der Waals surface area (Å²) in [6.45, 7) is 18.0. The molecule has 0 atom stereocenters. The number of nitrogens with zero attached hydrogens (tertiary/aromatic N) is 2. The van der Waals surface area contributed by atoms with E-state index in [1.54, 1.807) is 0 Å². The van der Waals surface area contributed by atoms with Crippen LogP contribution in [0.1, 0.15) is 47.5 Å². The Morgan fingerprint density at radius 1 is 1.06 bits per heavy atom. The molecule has 1 saturated heterocycles. The maximum Gasteiger partial charge on any atom is 0.0113 e. The Balaban J connectivity index is 2.31. The average Bonchev–Trinajstić information content (AvgIpc) is 2.17. The zero-order valence-corrected chi connectivity index (χ0v) is 11.9. The van der Waals surface area contributed by atoms with E-state index in [0.29, 0.717) is 11.5 Å². The lowest BCUT2D eigenvalue weighted by Gasteiger charge is -2.40. The van der Waals surface area contributed by atoms with E-state index < -0.39 is 0 Å². The van der Waals surface area contributed by atoms with Gasteiger partial charge in [-0.1, -0.05) is 27.2 Å². The monoisotopic (exact) mass is 226 g/mol. The van der Waals surface area contributed by atoms with Crippen molar-refractivity contribution in [3.63, 3.8) is 0 Å². The van der Waals surface area contributed by atoms with Crippen LogP contribution < -0.4 is 0 Å². The van der Waals surface area contributed by atoms with Crippen LogP contribution in [0.25, 0.3) is 0 Å². The molecule has 0 radical (unpaired) electrons. The molecule has 2 heteroatoms. The van der Waals surface area contributed by atoms with Gasteiger partial charge in [0.15, 0.2) is 0 Å². The first-order chi connectivity index (χ1) is 7.44. The summed E-state index contributed by atoms with van der Waals surface area (Å²) in [7, 11) is 0. The van der Waals surface area contributed by atoms with Gasteiger partial charge in [-0.25, -0.2) is 0 Å². The van der Waals surface area contributed by atoms with E-state index in [4.69, 9.17) is 0 Å². The Morgan fingerprint density at radius 3 is 2.06 bits per heavy atom. The van der Waals surface area contributed by atoms with Gasteiger partial charge in [-0.05, 0) is 25.7 Å². The van der Waals surface area contributed by atoms with Crippen molar-refractivity contribution in [3.05, 3.63) is 0 Å². The Hall–Kier alpha value is -0.0800. The van der Waals surface area contributed by atoms with Crippen molar-refractivity contribution in [1.82, 2.24) is 9.80 Å². The minimum atomic E-state index is 0.495. The van der Waals surface area contributed by atoms with Gasteiger partial charge >= 0.3 is 0 Å². The van der Waals surface area contributed by atoms with E-state index in [9.17, 15) is 0 Å². The molecule has 1 fully saturated rings. The molecular formula is C14H30N2. The fourth-order valence-electron chi connectivity index (χ4n) is 2.80. The molecule has 1 aliphatic heterocycles. The molecule has 0 bridgehead atoms. The summed E-state index contributed by atoms with van der Waals surface area (Å²) in [5, 5.41) is 0. The van der Waals surface area contributed by atoms with Crippen LogP contribution in [-0.2, 0) is 0 Å². The molecule has 1 aliphatic rings. The summed E-state index contributed by atoms with van der Waals surface area (Å²) in [5.41, 5.74) is 0.495. The fraction of sp³-hybridized carbons (Fsp3) is 1.00. The summed E-state index contributed by atoms with van der Waals surface area (Å²) in [6.07, 6.45) is 2.65. The van der Waals surface area contributed by atoms with Gasteiger partial charge in [0.05, 0.1) is 0 Å². The Morgan fingerprint density at radius 2 is 1.62 bits per heavy atom. The van der Waals surface area contributed by atoms with Gasteiger partial charge in [-0.2, -0.15) is 0 Å². The van der Waals surface area contributed by atoms with Crippen LogP contribution in [0.15, 0.2) is 0 Å². The van der Waals surface area contributed by atoms with Gasteiger partial charge in [0.1, 0.15) is 0 Å². The van der Waals surface area contributed by atoms with Crippen LogP contribution in [0.5, 0.6) is 0 Å². The number of piperazine rings is 1. The first-order valence-electron chi connectivity index (χ1n) is 6.91. The van der Waals surface area contributed by atoms with Crippen molar-refractivity contribution in [2.24, 2.45) is 5.41 Å². The summed E-state index contributed by atoms with van der Waals surface area (Å²) < 4.78 is 0. The molecule has 0 aliphatic carbocycles. The minimum Gasteiger partial charge on any atom is -0.300 e. The lowest BCUT2D eigenvalue weighted by molar-refractivity contribution is 0.0777. The standard InChI is InChI=1S/C14H30N2/c1-6-7-14(4,5)12-15-8-10-16(11-9-15)13(2)3/h13H,6-12H2,1-5H3. The van der Waals surface area contributed by atoms with E-state index in [-0.39, 0.29) is 0 Å². The molecule has 0 aromatic heterocycles. The highest BCUT2D eigenvalue weighted by Crippen LogP contribution is 2.24. The summed E-state index contributed by atoms with van der Waals surface area (Å²) in [4.78, 5) is 5.23. The second kappa shape index (κ2) is 6.02. The van der Waals surface area contributed by atoms with Crippen LogP contribution in [0, 0.1) is 5.41 Å². The SMILES string of the molecule is CCCC(C)(C)CN1CCN(C(C)C)CC1. The molecule has 0 unspecified atom stereocenters. The smallest absolute Gasteiger partial charge is 0.0113 e. The van der Waals surface area contributed by atoms with Gasteiger partial charge in [-0.15, -0.1) is 0 Å². The zero-order valence-electron chi connectivity index (χ0n) is 11.9. The predicted molar refractivity (Wildman–Crippen MR) is 71.8 cm³/mol. The quantitative estimate of drug-likeness (QED) is 0.711. The van der Waals surface area contributed by atoms with Crippen LogP contribution in [0.2, 0.25) is 0 Å². The van der Waals surface area contributed by atoms with Gasteiger partial charge < -0.3 is 4.90 Å². The van der Waals surface area contributed by atoms with E-state index >= 15 is 0 Å². The maximum absolute atomic E-state index is 2.65. The topological polar surface area (TPSA) is 6.48 Å². The Labute approximate surface area is 102 Å². The number of rotatable bonds is 5. The molecule has 1 rings (SSSR count). The van der Waals surface area contributed by atoms with Crippen molar-refractivity contribution in [2.45, 2.75) is 53.5 Å². The van der Waals surface area contributed by atoms with Crippen LogP contribution in [-0.4, -0.2) is 48.6 Å². The third-order valence-electron chi connectivity index (χ3n) is 3.72. The van der Waals surface area contributed by atoms with Crippen LogP contribution >= 0.6 is 0 Å². The molecule has 2 nitrogen and oxygen atoms in total. The molecule has 1 heterocycles. The normalized spacial score (nSPS) is 20.6. The molecule has 0 aromatic rings. The van der Waals surface area contributed by atoms with Crippen molar-refractivity contribution in [1.29, 1.82) is 0 Å². The van der Waals surface area contributed by atoms with Crippen molar-refractivity contribution >= 4 is 0 Å². The van der Waals surface area contributed by atoms with E-state index in [0.717, 1.165) is 0 Å². The summed E-state index contributed by atoms with van der Waals surface area (Å²) in [5.74, 6) is 0. The lowest BCUT2D eigenvalue weighted by atomic mass is 9.87. The van der Waals surface area contributed by atoms with Crippen molar-refractivity contribution in [2.75, 3.05) is 32.7 Å². The molecule has 0 spiro atoms. The molecule has 96 valence electrons.